The Hall–Kier alpha value is -2.30. The first-order valence-electron chi connectivity index (χ1n) is 5.64. The molecule has 94 valence electrons. The molecular formula is C13H16N4O. The number of amides is 1. The van der Waals surface area contributed by atoms with Crippen LogP contribution in [-0.2, 0) is 7.05 Å². The molecule has 0 aliphatic rings. The summed E-state index contributed by atoms with van der Waals surface area (Å²) >= 11 is 0. The minimum absolute atomic E-state index is 0.245. The number of nitrogens with one attached hydrogen (secondary N) is 1. The van der Waals surface area contributed by atoms with Crippen LogP contribution in [0.1, 0.15) is 21.5 Å². The SMILES string of the molecule is Cc1cc(C)cc(NC(=O)c2cnn(C)c2N)c1. The molecule has 1 heterocycles. The lowest BCUT2D eigenvalue weighted by Gasteiger charge is -2.07. The number of anilines is 2. The van der Waals surface area contributed by atoms with Gasteiger partial charge in [0, 0.05) is 12.7 Å². The summed E-state index contributed by atoms with van der Waals surface area (Å²) in [7, 11) is 1.70. The average molecular weight is 244 g/mol. The Morgan fingerprint density at radius 3 is 2.39 bits per heavy atom. The van der Waals surface area contributed by atoms with Crippen LogP contribution in [0.4, 0.5) is 11.5 Å². The number of hydrogen-bond acceptors (Lipinski definition) is 3. The molecule has 0 aliphatic carbocycles. The van der Waals surface area contributed by atoms with Gasteiger partial charge >= 0.3 is 0 Å². The molecule has 3 N–H and O–H groups in total. The molecule has 0 saturated carbocycles. The van der Waals surface area contributed by atoms with Crippen molar-refractivity contribution in [1.82, 2.24) is 9.78 Å². The van der Waals surface area contributed by atoms with Crippen LogP contribution in [0.5, 0.6) is 0 Å². The fraction of sp³-hybridized carbons (Fsp3) is 0.231. The van der Waals surface area contributed by atoms with Crippen molar-refractivity contribution >= 4 is 17.4 Å². The van der Waals surface area contributed by atoms with Gasteiger partial charge in [-0.05, 0) is 37.1 Å². The lowest BCUT2D eigenvalue weighted by Crippen LogP contribution is -2.14. The number of carbonyl (C=O) groups excluding carboxylic acids is 1. The van der Waals surface area contributed by atoms with E-state index in [0.717, 1.165) is 16.8 Å². The van der Waals surface area contributed by atoms with E-state index in [1.54, 1.807) is 7.05 Å². The minimum Gasteiger partial charge on any atom is -0.383 e. The Kier molecular flexibility index (Phi) is 3.06. The standard InChI is InChI=1S/C13H16N4O/c1-8-4-9(2)6-10(5-8)16-13(18)11-7-15-17(3)12(11)14/h4-7H,14H2,1-3H3,(H,16,18). The zero-order chi connectivity index (χ0) is 13.3. The Morgan fingerprint density at radius 2 is 1.89 bits per heavy atom. The third kappa shape index (κ3) is 2.34. The number of aryl methyl sites for hydroxylation is 3. The van der Waals surface area contributed by atoms with Gasteiger partial charge in [-0.2, -0.15) is 5.10 Å². The normalized spacial score (nSPS) is 10.4. The zero-order valence-electron chi connectivity index (χ0n) is 10.7. The molecule has 1 amide bonds. The van der Waals surface area contributed by atoms with E-state index in [0.29, 0.717) is 11.4 Å². The van der Waals surface area contributed by atoms with E-state index in [2.05, 4.69) is 10.4 Å². The van der Waals surface area contributed by atoms with Gasteiger partial charge < -0.3 is 11.1 Å². The Bertz CT molecular complexity index is 581. The van der Waals surface area contributed by atoms with E-state index in [9.17, 15) is 4.79 Å². The molecule has 1 aromatic carbocycles. The molecule has 0 saturated heterocycles. The van der Waals surface area contributed by atoms with E-state index >= 15 is 0 Å². The second-order valence-corrected chi connectivity index (χ2v) is 4.40. The van der Waals surface area contributed by atoms with Gasteiger partial charge in [0.05, 0.1) is 6.20 Å². The van der Waals surface area contributed by atoms with Crippen LogP contribution in [0.3, 0.4) is 0 Å². The maximum Gasteiger partial charge on any atom is 0.261 e. The minimum atomic E-state index is -0.245. The van der Waals surface area contributed by atoms with Crippen molar-refractivity contribution < 1.29 is 4.79 Å². The lowest BCUT2D eigenvalue weighted by molar-refractivity contribution is 0.102. The second kappa shape index (κ2) is 4.52. The highest BCUT2D eigenvalue weighted by molar-refractivity contribution is 6.07. The highest BCUT2D eigenvalue weighted by Crippen LogP contribution is 2.16. The molecular weight excluding hydrogens is 228 g/mol. The van der Waals surface area contributed by atoms with Gasteiger partial charge in [0.15, 0.2) is 0 Å². The van der Waals surface area contributed by atoms with Crippen LogP contribution in [0.25, 0.3) is 0 Å². The zero-order valence-corrected chi connectivity index (χ0v) is 10.7. The van der Waals surface area contributed by atoms with Crippen LogP contribution < -0.4 is 11.1 Å². The number of nitrogen functional groups attached to an aromatic ring is 1. The van der Waals surface area contributed by atoms with E-state index in [1.165, 1.54) is 10.9 Å². The van der Waals surface area contributed by atoms with Crippen LogP contribution in [0.15, 0.2) is 24.4 Å². The molecule has 0 radical (unpaired) electrons. The molecule has 18 heavy (non-hydrogen) atoms. The Balaban J connectivity index is 2.24. The molecule has 0 aliphatic heterocycles. The molecule has 2 rings (SSSR count). The quantitative estimate of drug-likeness (QED) is 0.847. The molecule has 2 aromatic rings. The molecule has 0 atom stereocenters. The molecule has 1 aromatic heterocycles. The van der Waals surface area contributed by atoms with Crippen LogP contribution in [-0.4, -0.2) is 15.7 Å². The third-order valence-electron chi connectivity index (χ3n) is 2.71. The molecule has 0 spiro atoms. The highest BCUT2D eigenvalue weighted by atomic mass is 16.1. The number of nitrogens with zero attached hydrogens (tertiary/aromatic N) is 2. The number of hydrogen-bond donors (Lipinski definition) is 2. The van der Waals surface area contributed by atoms with Crippen molar-refractivity contribution in [3.8, 4) is 0 Å². The molecule has 5 heteroatoms. The number of nitrogens with two attached hydrogens (primary N) is 1. The van der Waals surface area contributed by atoms with Gasteiger partial charge in [-0.1, -0.05) is 6.07 Å². The van der Waals surface area contributed by atoms with Crippen molar-refractivity contribution in [2.75, 3.05) is 11.1 Å². The van der Waals surface area contributed by atoms with E-state index in [4.69, 9.17) is 5.73 Å². The Morgan fingerprint density at radius 1 is 1.28 bits per heavy atom. The number of rotatable bonds is 2. The summed E-state index contributed by atoms with van der Waals surface area (Å²) in [5.74, 6) is 0.113. The topological polar surface area (TPSA) is 72.9 Å². The number of aromatic nitrogens is 2. The predicted molar refractivity (Wildman–Crippen MR) is 71.5 cm³/mol. The fourth-order valence-corrected chi connectivity index (χ4v) is 1.87. The summed E-state index contributed by atoms with van der Waals surface area (Å²) in [6, 6.07) is 5.88. The first kappa shape index (κ1) is 12.2. The van der Waals surface area contributed by atoms with E-state index in [1.807, 2.05) is 32.0 Å². The summed E-state index contributed by atoms with van der Waals surface area (Å²) in [6.45, 7) is 3.97. The highest BCUT2D eigenvalue weighted by Gasteiger charge is 2.13. The first-order chi connectivity index (χ1) is 8.47. The van der Waals surface area contributed by atoms with Crippen LogP contribution >= 0.6 is 0 Å². The number of carbonyl (C=O) groups is 1. The number of benzene rings is 1. The van der Waals surface area contributed by atoms with Crippen LogP contribution in [0.2, 0.25) is 0 Å². The maximum atomic E-state index is 12.0. The lowest BCUT2D eigenvalue weighted by atomic mass is 10.1. The van der Waals surface area contributed by atoms with Crippen molar-refractivity contribution in [2.24, 2.45) is 7.05 Å². The smallest absolute Gasteiger partial charge is 0.261 e. The van der Waals surface area contributed by atoms with Gasteiger partial charge in [0.2, 0.25) is 0 Å². The van der Waals surface area contributed by atoms with Gasteiger partial charge in [-0.15, -0.1) is 0 Å². The fourth-order valence-electron chi connectivity index (χ4n) is 1.87. The molecule has 0 unspecified atom stereocenters. The summed E-state index contributed by atoms with van der Waals surface area (Å²) in [5.41, 5.74) is 9.11. The van der Waals surface area contributed by atoms with Crippen molar-refractivity contribution in [3.63, 3.8) is 0 Å². The van der Waals surface area contributed by atoms with Crippen molar-refractivity contribution in [3.05, 3.63) is 41.1 Å². The summed E-state index contributed by atoms with van der Waals surface area (Å²) in [4.78, 5) is 12.0. The van der Waals surface area contributed by atoms with Crippen LogP contribution in [0, 0.1) is 13.8 Å². The first-order valence-corrected chi connectivity index (χ1v) is 5.64. The molecule has 0 fully saturated rings. The average Bonchev–Trinajstić information content (AvgIpc) is 2.58. The van der Waals surface area contributed by atoms with E-state index < -0.39 is 0 Å². The summed E-state index contributed by atoms with van der Waals surface area (Å²) < 4.78 is 1.47. The van der Waals surface area contributed by atoms with E-state index in [-0.39, 0.29) is 5.91 Å². The second-order valence-electron chi connectivity index (χ2n) is 4.40. The Labute approximate surface area is 106 Å². The van der Waals surface area contributed by atoms with Crippen molar-refractivity contribution in [2.45, 2.75) is 13.8 Å². The van der Waals surface area contributed by atoms with Gasteiger partial charge in [0.1, 0.15) is 11.4 Å². The monoisotopic (exact) mass is 244 g/mol. The third-order valence-corrected chi connectivity index (χ3v) is 2.71. The van der Waals surface area contributed by atoms with Gasteiger partial charge in [-0.25, -0.2) is 0 Å². The summed E-state index contributed by atoms with van der Waals surface area (Å²) in [6.07, 6.45) is 1.47. The van der Waals surface area contributed by atoms with Crippen molar-refractivity contribution in [1.29, 1.82) is 0 Å². The molecule has 0 bridgehead atoms. The largest absolute Gasteiger partial charge is 0.383 e. The summed E-state index contributed by atoms with van der Waals surface area (Å²) in [5, 5.41) is 6.77. The van der Waals surface area contributed by atoms with Gasteiger partial charge in [0.25, 0.3) is 5.91 Å². The van der Waals surface area contributed by atoms with Gasteiger partial charge in [-0.3, -0.25) is 9.48 Å². The maximum absolute atomic E-state index is 12.0. The molecule has 5 nitrogen and oxygen atoms in total. The predicted octanol–water partition coefficient (Wildman–Crippen LogP) is 1.87.